The van der Waals surface area contributed by atoms with Crippen molar-refractivity contribution in [2.75, 3.05) is 18.8 Å². The maximum absolute atomic E-state index is 11.6. The first-order chi connectivity index (χ1) is 8.00. The van der Waals surface area contributed by atoms with E-state index in [0.29, 0.717) is 0 Å². The lowest BCUT2D eigenvalue weighted by molar-refractivity contribution is 0.0527. The molecule has 1 aromatic rings. The Kier molecular flexibility index (Phi) is 4.69. The van der Waals surface area contributed by atoms with Gasteiger partial charge in [-0.05, 0) is 19.1 Å². The van der Waals surface area contributed by atoms with Gasteiger partial charge in [0.2, 0.25) is 0 Å². The molecule has 7 heteroatoms. The molecule has 1 aromatic carbocycles. The maximum atomic E-state index is 11.6. The smallest absolute Gasteiger partial charge is 0.429 e. The van der Waals surface area contributed by atoms with Crippen LogP contribution in [0.15, 0.2) is 24.3 Å². The van der Waals surface area contributed by atoms with Gasteiger partial charge in [0, 0.05) is 7.11 Å². The summed E-state index contributed by atoms with van der Waals surface area (Å²) in [6.45, 7) is 1.91. The first-order valence-electron chi connectivity index (χ1n) is 4.93. The lowest BCUT2D eigenvalue weighted by Gasteiger charge is -2.14. The van der Waals surface area contributed by atoms with E-state index in [4.69, 9.17) is 4.74 Å². The third-order valence-electron chi connectivity index (χ3n) is 1.93. The molecule has 0 bridgehead atoms. The second-order valence-electron chi connectivity index (χ2n) is 3.08. The molecule has 0 fully saturated rings. The van der Waals surface area contributed by atoms with E-state index in [1.807, 2.05) is 0 Å². The fourth-order valence-electron chi connectivity index (χ4n) is 1.17. The number of carbonyl (C=O) groups excluding carboxylic acids is 1. The van der Waals surface area contributed by atoms with Gasteiger partial charge in [-0.3, -0.25) is 9.61 Å². The lowest BCUT2D eigenvalue weighted by Crippen LogP contribution is -2.09. The molecule has 2 N–H and O–H groups in total. The number of carbonyl (C=O) groups is 1. The zero-order valence-corrected chi connectivity index (χ0v) is 10.4. The van der Waals surface area contributed by atoms with Crippen LogP contribution < -0.4 is 5.09 Å². The first-order valence-corrected chi connectivity index (χ1v) is 6.51. The molecule has 1 atom stereocenters. The Bertz CT molecular complexity index is 448. The van der Waals surface area contributed by atoms with Crippen LogP contribution in [0.4, 0.5) is 5.69 Å². The summed E-state index contributed by atoms with van der Waals surface area (Å²) in [4.78, 5) is 20.8. The molecular weight excluding hydrogens is 245 g/mol. The van der Waals surface area contributed by atoms with Gasteiger partial charge in [-0.15, -0.1) is 0 Å². The van der Waals surface area contributed by atoms with Crippen LogP contribution in [0.2, 0.25) is 0 Å². The summed E-state index contributed by atoms with van der Waals surface area (Å²) in [5, 5.41) is 2.26. The number of rotatable bonds is 5. The van der Waals surface area contributed by atoms with Crippen LogP contribution >= 0.6 is 7.75 Å². The third kappa shape index (κ3) is 3.85. The summed E-state index contributed by atoms with van der Waals surface area (Å²) in [5.41, 5.74) is 0.374. The molecule has 6 nitrogen and oxygen atoms in total. The number of esters is 1. The van der Waals surface area contributed by atoms with Crippen molar-refractivity contribution in [1.29, 1.82) is 0 Å². The summed E-state index contributed by atoms with van der Waals surface area (Å²) in [6, 6.07) is 6.25. The van der Waals surface area contributed by atoms with Gasteiger partial charge in [0.05, 0.1) is 17.9 Å². The second-order valence-corrected chi connectivity index (χ2v) is 4.71. The molecule has 0 saturated carbocycles. The van der Waals surface area contributed by atoms with Crippen LogP contribution in [-0.4, -0.2) is 24.6 Å². The quantitative estimate of drug-likeness (QED) is 0.621. The second kappa shape index (κ2) is 5.82. The average molecular weight is 259 g/mol. The summed E-state index contributed by atoms with van der Waals surface area (Å²) in [5.74, 6) is -0.563. The van der Waals surface area contributed by atoms with Crippen molar-refractivity contribution in [3.63, 3.8) is 0 Å². The fraction of sp³-hybridized carbons (Fsp3) is 0.300. The summed E-state index contributed by atoms with van der Waals surface area (Å²) in [6.07, 6.45) is 0. The van der Waals surface area contributed by atoms with E-state index < -0.39 is 13.7 Å². The Morgan fingerprint density at radius 1 is 1.47 bits per heavy atom. The van der Waals surface area contributed by atoms with Gasteiger partial charge >= 0.3 is 13.7 Å². The molecule has 0 saturated heterocycles. The molecule has 0 radical (unpaired) electrons. The molecule has 94 valence electrons. The van der Waals surface area contributed by atoms with Gasteiger partial charge in [-0.2, -0.15) is 0 Å². The van der Waals surface area contributed by atoms with Crippen molar-refractivity contribution in [2.45, 2.75) is 6.92 Å². The molecule has 17 heavy (non-hydrogen) atoms. The first kappa shape index (κ1) is 13.7. The summed E-state index contributed by atoms with van der Waals surface area (Å²) < 4.78 is 20.6. The highest BCUT2D eigenvalue weighted by atomic mass is 31.2. The van der Waals surface area contributed by atoms with E-state index in [0.717, 1.165) is 7.11 Å². The van der Waals surface area contributed by atoms with Crippen molar-refractivity contribution in [2.24, 2.45) is 0 Å². The Morgan fingerprint density at radius 3 is 2.71 bits per heavy atom. The SMILES string of the molecule is CCOC(=O)c1ccccc1NP(=O)(O)OC. The number of benzene rings is 1. The van der Waals surface area contributed by atoms with Crippen LogP contribution in [0.25, 0.3) is 0 Å². The molecule has 0 aliphatic heterocycles. The van der Waals surface area contributed by atoms with Gasteiger partial charge in [0.15, 0.2) is 0 Å². The molecule has 1 rings (SSSR count). The fourth-order valence-corrected chi connectivity index (χ4v) is 1.76. The zero-order chi connectivity index (χ0) is 12.9. The predicted octanol–water partition coefficient (Wildman–Crippen LogP) is 2.02. The van der Waals surface area contributed by atoms with E-state index in [9.17, 15) is 14.3 Å². The minimum absolute atomic E-state index is 0.181. The summed E-state index contributed by atoms with van der Waals surface area (Å²) in [7, 11) is -2.84. The molecule has 0 spiro atoms. The average Bonchev–Trinajstić information content (AvgIpc) is 2.29. The number of para-hydroxylation sites is 1. The number of nitrogens with one attached hydrogen (secondary N) is 1. The topological polar surface area (TPSA) is 84.9 Å². The van der Waals surface area contributed by atoms with Crippen molar-refractivity contribution < 1.29 is 23.5 Å². The monoisotopic (exact) mass is 259 g/mol. The van der Waals surface area contributed by atoms with Gasteiger partial charge in [-0.25, -0.2) is 9.36 Å². The highest BCUT2D eigenvalue weighted by Crippen LogP contribution is 2.41. The van der Waals surface area contributed by atoms with E-state index in [-0.39, 0.29) is 17.9 Å². The van der Waals surface area contributed by atoms with Crippen LogP contribution in [0.1, 0.15) is 17.3 Å². The largest absolute Gasteiger partial charge is 0.462 e. The molecule has 0 heterocycles. The van der Waals surface area contributed by atoms with Crippen LogP contribution in [0.3, 0.4) is 0 Å². The van der Waals surface area contributed by atoms with Crippen LogP contribution in [-0.2, 0) is 13.8 Å². The number of hydrogen-bond acceptors (Lipinski definition) is 4. The predicted molar refractivity (Wildman–Crippen MR) is 62.9 cm³/mol. The molecular formula is C10H14NO5P. The van der Waals surface area contributed by atoms with Crippen molar-refractivity contribution in [3.05, 3.63) is 29.8 Å². The number of hydrogen-bond donors (Lipinski definition) is 2. The van der Waals surface area contributed by atoms with Gasteiger partial charge in [0.25, 0.3) is 0 Å². The minimum atomic E-state index is -3.94. The number of ether oxygens (including phenoxy) is 1. The minimum Gasteiger partial charge on any atom is -0.462 e. The van der Waals surface area contributed by atoms with Crippen LogP contribution in [0, 0.1) is 0 Å². The number of anilines is 1. The summed E-state index contributed by atoms with van der Waals surface area (Å²) >= 11 is 0. The van der Waals surface area contributed by atoms with Crippen molar-refractivity contribution in [1.82, 2.24) is 0 Å². The molecule has 0 aliphatic rings. The van der Waals surface area contributed by atoms with Gasteiger partial charge in [-0.1, -0.05) is 12.1 Å². The highest BCUT2D eigenvalue weighted by molar-refractivity contribution is 7.54. The Balaban J connectivity index is 3.00. The Morgan fingerprint density at radius 2 is 2.12 bits per heavy atom. The van der Waals surface area contributed by atoms with Gasteiger partial charge in [0.1, 0.15) is 0 Å². The Hall–Kier alpha value is -1.36. The van der Waals surface area contributed by atoms with E-state index >= 15 is 0 Å². The van der Waals surface area contributed by atoms with Crippen molar-refractivity contribution in [3.8, 4) is 0 Å². The molecule has 0 aliphatic carbocycles. The molecule has 0 amide bonds. The van der Waals surface area contributed by atoms with Crippen LogP contribution in [0.5, 0.6) is 0 Å². The normalized spacial score (nSPS) is 13.8. The van der Waals surface area contributed by atoms with Gasteiger partial charge < -0.3 is 9.63 Å². The Labute approximate surface area is 99.1 Å². The van der Waals surface area contributed by atoms with E-state index in [2.05, 4.69) is 9.61 Å². The maximum Gasteiger partial charge on any atom is 0.429 e. The van der Waals surface area contributed by atoms with E-state index in [1.165, 1.54) is 12.1 Å². The molecule has 1 unspecified atom stereocenters. The molecule has 0 aromatic heterocycles. The standard InChI is InChI=1S/C10H14NO5P/c1-3-16-10(12)8-6-4-5-7-9(8)11-17(13,14)15-2/h4-7H,3H2,1-2H3,(H2,11,13,14). The lowest BCUT2D eigenvalue weighted by atomic mass is 10.2. The van der Waals surface area contributed by atoms with E-state index in [1.54, 1.807) is 19.1 Å². The zero-order valence-electron chi connectivity index (χ0n) is 9.54. The third-order valence-corrected chi connectivity index (χ3v) is 2.95. The van der Waals surface area contributed by atoms with Crippen molar-refractivity contribution >= 4 is 19.4 Å². The highest BCUT2D eigenvalue weighted by Gasteiger charge is 2.21.